The van der Waals surface area contributed by atoms with E-state index >= 15 is 0 Å². The first-order valence-electron chi connectivity index (χ1n) is 4.95. The van der Waals surface area contributed by atoms with Crippen LogP contribution in [0.4, 0.5) is 17.6 Å². The topological polar surface area (TPSA) is 55.1 Å². The fourth-order valence-electron chi connectivity index (χ4n) is 1.49. The monoisotopic (exact) mass is 274 g/mol. The van der Waals surface area contributed by atoms with Gasteiger partial charge in [-0.1, -0.05) is 0 Å². The number of carboxylic acid groups (broad SMARTS) is 1. The number of benzene rings is 1. The second kappa shape index (κ2) is 4.38. The summed E-state index contributed by atoms with van der Waals surface area (Å²) in [5.41, 5.74) is -1.78. The molecule has 2 aromatic rings. The van der Waals surface area contributed by atoms with Crippen LogP contribution >= 0.6 is 0 Å². The molecule has 0 unspecified atom stereocenters. The van der Waals surface area contributed by atoms with Gasteiger partial charge in [-0.05, 0) is 24.3 Å². The third kappa shape index (κ3) is 2.56. The average Bonchev–Trinajstić information content (AvgIpc) is 2.77. The largest absolute Gasteiger partial charge is 0.478 e. The molecule has 2 rings (SSSR count). The van der Waals surface area contributed by atoms with Gasteiger partial charge in [0.15, 0.2) is 5.69 Å². The van der Waals surface area contributed by atoms with E-state index in [4.69, 9.17) is 5.11 Å². The lowest BCUT2D eigenvalue weighted by Crippen LogP contribution is -2.10. The molecule has 0 atom stereocenters. The van der Waals surface area contributed by atoms with Crippen molar-refractivity contribution in [2.45, 2.75) is 6.18 Å². The van der Waals surface area contributed by atoms with E-state index in [9.17, 15) is 22.4 Å². The fraction of sp³-hybridized carbons (Fsp3) is 0.0909. The second-order valence-corrected chi connectivity index (χ2v) is 3.61. The van der Waals surface area contributed by atoms with Crippen molar-refractivity contribution >= 4 is 5.97 Å². The summed E-state index contributed by atoms with van der Waals surface area (Å²) in [6.07, 6.45) is -3.67. The van der Waals surface area contributed by atoms with E-state index < -0.39 is 29.2 Å². The predicted molar refractivity (Wildman–Crippen MR) is 55.5 cm³/mol. The quantitative estimate of drug-likeness (QED) is 0.857. The number of nitrogens with zero attached hydrogens (tertiary/aromatic N) is 2. The number of carboxylic acids is 1. The molecule has 4 nitrogen and oxygen atoms in total. The summed E-state index contributed by atoms with van der Waals surface area (Å²) < 4.78 is 50.9. The summed E-state index contributed by atoms with van der Waals surface area (Å²) in [7, 11) is 0. The zero-order chi connectivity index (χ0) is 14.2. The summed E-state index contributed by atoms with van der Waals surface area (Å²) >= 11 is 0. The lowest BCUT2D eigenvalue weighted by molar-refractivity contribution is -0.141. The highest BCUT2D eigenvalue weighted by Crippen LogP contribution is 2.28. The standard InChI is InChI=1S/C11H6F4N2O2/c12-6-1-2-8(7(5-6)10(18)19)17-4-3-9(16-17)11(13,14)15/h1-5H,(H,18,19). The van der Waals surface area contributed by atoms with Gasteiger partial charge in [-0.3, -0.25) is 0 Å². The number of alkyl halides is 3. The molecule has 0 bridgehead atoms. The first-order chi connectivity index (χ1) is 8.79. The van der Waals surface area contributed by atoms with Crippen molar-refractivity contribution in [1.29, 1.82) is 0 Å². The van der Waals surface area contributed by atoms with E-state index in [-0.39, 0.29) is 5.69 Å². The maximum atomic E-state index is 12.9. The third-order valence-corrected chi connectivity index (χ3v) is 2.32. The maximum Gasteiger partial charge on any atom is 0.435 e. The molecule has 8 heteroatoms. The highest BCUT2D eigenvalue weighted by atomic mass is 19.4. The maximum absolute atomic E-state index is 12.9. The minimum atomic E-state index is -4.63. The summed E-state index contributed by atoms with van der Waals surface area (Å²) in [4.78, 5) is 10.9. The number of rotatable bonds is 2. The third-order valence-electron chi connectivity index (χ3n) is 2.32. The van der Waals surface area contributed by atoms with Crippen LogP contribution in [0.2, 0.25) is 0 Å². The van der Waals surface area contributed by atoms with Crippen molar-refractivity contribution < 1.29 is 27.5 Å². The van der Waals surface area contributed by atoms with Gasteiger partial charge in [0.25, 0.3) is 0 Å². The number of halogens is 4. The van der Waals surface area contributed by atoms with Gasteiger partial charge in [-0.25, -0.2) is 13.9 Å². The Kier molecular flexibility index (Phi) is 3.01. The molecule has 0 spiro atoms. The Hall–Kier alpha value is -2.38. The average molecular weight is 274 g/mol. The number of carbonyl (C=O) groups is 1. The fourth-order valence-corrected chi connectivity index (χ4v) is 1.49. The van der Waals surface area contributed by atoms with Crippen LogP contribution in [0.1, 0.15) is 16.1 Å². The molecular weight excluding hydrogens is 268 g/mol. The Balaban J connectivity index is 2.53. The van der Waals surface area contributed by atoms with E-state index in [0.29, 0.717) is 12.1 Å². The van der Waals surface area contributed by atoms with Crippen LogP contribution in [0.5, 0.6) is 0 Å². The molecule has 19 heavy (non-hydrogen) atoms. The number of hydrogen-bond donors (Lipinski definition) is 1. The molecule has 1 aromatic heterocycles. The van der Waals surface area contributed by atoms with E-state index in [1.807, 2.05) is 0 Å². The van der Waals surface area contributed by atoms with Crippen LogP contribution in [0, 0.1) is 5.82 Å². The second-order valence-electron chi connectivity index (χ2n) is 3.61. The molecule has 0 aliphatic carbocycles. The smallest absolute Gasteiger partial charge is 0.435 e. The normalized spacial score (nSPS) is 11.6. The van der Waals surface area contributed by atoms with Gasteiger partial charge in [0.2, 0.25) is 0 Å². The Bertz CT molecular complexity index is 634. The first-order valence-corrected chi connectivity index (χ1v) is 4.95. The molecule has 1 aromatic carbocycles. The predicted octanol–water partition coefficient (Wildman–Crippen LogP) is 2.73. The van der Waals surface area contributed by atoms with Crippen molar-refractivity contribution in [1.82, 2.24) is 9.78 Å². The highest BCUT2D eigenvalue weighted by Gasteiger charge is 2.33. The van der Waals surface area contributed by atoms with E-state index in [1.54, 1.807) is 0 Å². The summed E-state index contributed by atoms with van der Waals surface area (Å²) in [5, 5.41) is 12.1. The molecule has 0 saturated carbocycles. The minimum absolute atomic E-state index is 0.149. The van der Waals surface area contributed by atoms with Crippen molar-refractivity contribution in [3.63, 3.8) is 0 Å². The summed E-state index contributed by atoms with van der Waals surface area (Å²) in [6.45, 7) is 0. The summed E-state index contributed by atoms with van der Waals surface area (Å²) in [5.74, 6) is -2.26. The van der Waals surface area contributed by atoms with Crippen LogP contribution < -0.4 is 0 Å². The Morgan fingerprint density at radius 2 is 1.95 bits per heavy atom. The van der Waals surface area contributed by atoms with E-state index in [0.717, 1.165) is 23.0 Å². The van der Waals surface area contributed by atoms with E-state index in [1.165, 1.54) is 0 Å². The first kappa shape index (κ1) is 13.1. The van der Waals surface area contributed by atoms with Crippen molar-refractivity contribution in [3.05, 3.63) is 47.5 Å². The Morgan fingerprint density at radius 3 is 2.47 bits per heavy atom. The van der Waals surface area contributed by atoms with Crippen LogP contribution in [0.3, 0.4) is 0 Å². The number of hydrogen-bond acceptors (Lipinski definition) is 2. The molecule has 0 aliphatic rings. The number of aromatic nitrogens is 2. The van der Waals surface area contributed by atoms with Gasteiger partial charge >= 0.3 is 12.1 Å². The van der Waals surface area contributed by atoms with E-state index in [2.05, 4.69) is 5.10 Å². The van der Waals surface area contributed by atoms with Crippen LogP contribution in [0.25, 0.3) is 5.69 Å². The van der Waals surface area contributed by atoms with Gasteiger partial charge in [0, 0.05) is 6.20 Å². The number of aromatic carboxylic acids is 1. The van der Waals surface area contributed by atoms with Gasteiger partial charge < -0.3 is 5.11 Å². The zero-order valence-electron chi connectivity index (χ0n) is 9.15. The molecule has 0 radical (unpaired) electrons. The SMILES string of the molecule is O=C(O)c1cc(F)ccc1-n1ccc(C(F)(F)F)n1. The summed E-state index contributed by atoms with van der Waals surface area (Å²) in [6, 6.07) is 3.41. The molecule has 0 saturated heterocycles. The Morgan fingerprint density at radius 1 is 1.26 bits per heavy atom. The zero-order valence-corrected chi connectivity index (χ0v) is 9.15. The van der Waals surface area contributed by atoms with Crippen molar-refractivity contribution in [2.24, 2.45) is 0 Å². The lowest BCUT2D eigenvalue weighted by atomic mass is 10.2. The van der Waals surface area contributed by atoms with Crippen LogP contribution in [0.15, 0.2) is 30.5 Å². The Labute approximate surface area is 103 Å². The molecule has 100 valence electrons. The lowest BCUT2D eigenvalue weighted by Gasteiger charge is -2.06. The van der Waals surface area contributed by atoms with Gasteiger partial charge in [0.1, 0.15) is 5.82 Å². The molecule has 0 fully saturated rings. The minimum Gasteiger partial charge on any atom is -0.478 e. The molecule has 0 amide bonds. The van der Waals surface area contributed by atoms with Gasteiger partial charge in [-0.2, -0.15) is 18.3 Å². The van der Waals surface area contributed by atoms with Crippen LogP contribution in [-0.4, -0.2) is 20.9 Å². The van der Waals surface area contributed by atoms with Crippen molar-refractivity contribution in [2.75, 3.05) is 0 Å². The molecule has 0 aliphatic heterocycles. The van der Waals surface area contributed by atoms with Gasteiger partial charge in [0.05, 0.1) is 11.3 Å². The van der Waals surface area contributed by atoms with Crippen molar-refractivity contribution in [3.8, 4) is 5.69 Å². The van der Waals surface area contributed by atoms with Gasteiger partial charge in [-0.15, -0.1) is 0 Å². The van der Waals surface area contributed by atoms with Crippen LogP contribution in [-0.2, 0) is 6.18 Å². The molecule has 1 heterocycles. The highest BCUT2D eigenvalue weighted by molar-refractivity contribution is 5.91. The molecule has 1 N–H and O–H groups in total. The molecular formula is C11H6F4N2O2.